The zero-order chi connectivity index (χ0) is 33.5. The molecule has 2 rings (SSSR count). The second kappa shape index (κ2) is 22.7. The molecule has 0 radical (unpaired) electrons. The summed E-state index contributed by atoms with van der Waals surface area (Å²) in [6.45, 7) is 17.6. The highest BCUT2D eigenvalue weighted by Gasteiger charge is 2.18. The molecule has 2 aromatic carbocycles. The van der Waals surface area contributed by atoms with E-state index >= 15 is 0 Å². The van der Waals surface area contributed by atoms with Gasteiger partial charge in [0, 0.05) is 28.9 Å². The largest absolute Gasteiger partial charge is 0.458 e. The molecule has 0 aliphatic heterocycles. The molecule has 0 bridgehead atoms. The van der Waals surface area contributed by atoms with Crippen LogP contribution in [0.2, 0.25) is 0 Å². The highest BCUT2D eigenvalue weighted by atomic mass is 16.6. The van der Waals surface area contributed by atoms with Gasteiger partial charge in [-0.05, 0) is 50.8 Å². The molecule has 0 saturated carbocycles. The van der Waals surface area contributed by atoms with Crippen LogP contribution in [0.3, 0.4) is 0 Å². The van der Waals surface area contributed by atoms with Crippen molar-refractivity contribution in [3.63, 3.8) is 0 Å². The minimum Gasteiger partial charge on any atom is -0.458 e. The van der Waals surface area contributed by atoms with Gasteiger partial charge in [-0.3, -0.25) is 0 Å². The van der Waals surface area contributed by atoms with E-state index in [1.807, 2.05) is 66.7 Å². The summed E-state index contributed by atoms with van der Waals surface area (Å²) < 4.78 is 14.4. The Morgan fingerprint density at radius 2 is 1.27 bits per heavy atom. The highest BCUT2D eigenvalue weighted by Crippen LogP contribution is 2.10. The van der Waals surface area contributed by atoms with Crippen LogP contribution in [0.4, 0.5) is 0 Å². The van der Waals surface area contributed by atoms with Crippen molar-refractivity contribution in [3.8, 4) is 0 Å². The van der Waals surface area contributed by atoms with Crippen molar-refractivity contribution in [3.05, 3.63) is 120 Å². The second-order valence-electron chi connectivity index (χ2n) is 9.33. The molecule has 0 amide bonds. The molecule has 0 spiro atoms. The highest BCUT2D eigenvalue weighted by molar-refractivity contribution is 6.00. The average molecular weight is 607 g/mol. The third kappa shape index (κ3) is 17.8. The van der Waals surface area contributed by atoms with Crippen LogP contribution in [0.25, 0.3) is 12.2 Å². The molecule has 2 aromatic rings. The minimum absolute atomic E-state index is 0.0454. The van der Waals surface area contributed by atoms with Crippen LogP contribution in [-0.4, -0.2) is 60.0 Å². The van der Waals surface area contributed by atoms with Gasteiger partial charge in [-0.25, -0.2) is 19.2 Å². The lowest BCUT2D eigenvalue weighted by Gasteiger charge is -2.16. The first-order chi connectivity index (χ1) is 20.9. The first kappa shape index (κ1) is 39.1. The lowest BCUT2D eigenvalue weighted by molar-refractivity contribution is -0.156. The molecular formula is C35H42O9. The predicted octanol–water partition coefficient (Wildman–Crippen LogP) is 5.40. The van der Waals surface area contributed by atoms with Crippen LogP contribution in [0.1, 0.15) is 44.7 Å². The molecule has 0 saturated heterocycles. The van der Waals surface area contributed by atoms with Gasteiger partial charge in [0.25, 0.3) is 0 Å². The van der Waals surface area contributed by atoms with Gasteiger partial charge in [0.05, 0.1) is 6.61 Å². The van der Waals surface area contributed by atoms with E-state index in [9.17, 15) is 24.3 Å². The third-order valence-electron chi connectivity index (χ3n) is 5.23. The van der Waals surface area contributed by atoms with Crippen LogP contribution in [0.5, 0.6) is 0 Å². The monoisotopic (exact) mass is 606 g/mol. The van der Waals surface area contributed by atoms with E-state index in [1.54, 1.807) is 13.0 Å². The lowest BCUT2D eigenvalue weighted by atomic mass is 10.1. The summed E-state index contributed by atoms with van der Waals surface area (Å²) >= 11 is 0. The van der Waals surface area contributed by atoms with E-state index in [0.717, 1.165) is 5.56 Å². The zero-order valence-electron chi connectivity index (χ0n) is 25.6. The molecule has 9 nitrogen and oxygen atoms in total. The number of aliphatic hydroxyl groups excluding tert-OH is 2. The van der Waals surface area contributed by atoms with Crippen molar-refractivity contribution in [2.75, 3.05) is 19.8 Å². The molecule has 2 N–H and O–H groups in total. The number of rotatable bonds is 13. The van der Waals surface area contributed by atoms with Gasteiger partial charge < -0.3 is 24.4 Å². The topological polar surface area (TPSA) is 136 Å². The summed E-state index contributed by atoms with van der Waals surface area (Å²) in [4.78, 5) is 45.1. The van der Waals surface area contributed by atoms with Crippen molar-refractivity contribution in [2.45, 2.75) is 39.7 Å². The number of benzene rings is 2. The van der Waals surface area contributed by atoms with Crippen molar-refractivity contribution >= 4 is 36.0 Å². The fraction of sp³-hybridized carbons (Fsp3) is 0.257. The van der Waals surface area contributed by atoms with Gasteiger partial charge in [-0.1, -0.05) is 93.1 Å². The number of esters is 4. The van der Waals surface area contributed by atoms with E-state index in [-0.39, 0.29) is 29.9 Å². The SMILES string of the molecule is C=C(C)C(=O)OC(=O)C(=C)C.C=C(CCCO)C(=O)OCC(CO)OC(=O)C(C)=Cc1ccccc1.C=Cc1ccccc1. The van der Waals surface area contributed by atoms with Crippen molar-refractivity contribution in [1.29, 1.82) is 0 Å². The smallest absolute Gasteiger partial charge is 0.340 e. The fourth-order valence-corrected chi connectivity index (χ4v) is 2.74. The Morgan fingerprint density at radius 3 is 1.68 bits per heavy atom. The Bertz CT molecular complexity index is 1270. The maximum absolute atomic E-state index is 12.0. The van der Waals surface area contributed by atoms with Crippen LogP contribution in [0.15, 0.2) is 109 Å². The van der Waals surface area contributed by atoms with Crippen molar-refractivity contribution in [2.24, 2.45) is 0 Å². The van der Waals surface area contributed by atoms with Crippen LogP contribution >= 0.6 is 0 Å². The number of aliphatic hydroxyl groups is 2. The van der Waals surface area contributed by atoms with E-state index < -0.39 is 36.6 Å². The molecule has 1 atom stereocenters. The average Bonchev–Trinajstić information content (AvgIpc) is 3.02. The summed E-state index contributed by atoms with van der Waals surface area (Å²) in [5, 5.41) is 18.0. The summed E-state index contributed by atoms with van der Waals surface area (Å²) in [7, 11) is 0. The Kier molecular flexibility index (Phi) is 20.2. The Morgan fingerprint density at radius 1 is 0.773 bits per heavy atom. The van der Waals surface area contributed by atoms with Gasteiger partial charge in [0.1, 0.15) is 6.61 Å². The third-order valence-corrected chi connectivity index (χ3v) is 5.23. The molecule has 9 heteroatoms. The number of hydrogen-bond acceptors (Lipinski definition) is 9. The summed E-state index contributed by atoms with van der Waals surface area (Å²) in [6, 6.07) is 19.3. The molecule has 44 heavy (non-hydrogen) atoms. The fourth-order valence-electron chi connectivity index (χ4n) is 2.74. The predicted molar refractivity (Wildman–Crippen MR) is 171 cm³/mol. The molecule has 0 aromatic heterocycles. The molecule has 1 unspecified atom stereocenters. The molecule has 236 valence electrons. The Balaban J connectivity index is 0.000000792. The van der Waals surface area contributed by atoms with E-state index in [2.05, 4.69) is 31.1 Å². The molecule has 0 heterocycles. The first-order valence-electron chi connectivity index (χ1n) is 13.6. The molecular weight excluding hydrogens is 564 g/mol. The maximum atomic E-state index is 12.0. The van der Waals surface area contributed by atoms with Crippen molar-refractivity contribution < 1.29 is 43.6 Å². The lowest BCUT2D eigenvalue weighted by Crippen LogP contribution is -2.29. The van der Waals surface area contributed by atoms with Gasteiger partial charge in [-0.15, -0.1) is 0 Å². The van der Waals surface area contributed by atoms with Crippen LogP contribution in [0, 0.1) is 0 Å². The van der Waals surface area contributed by atoms with Crippen LogP contribution in [-0.2, 0) is 33.4 Å². The van der Waals surface area contributed by atoms with Crippen LogP contribution < -0.4 is 0 Å². The quantitative estimate of drug-likeness (QED) is 0.133. The zero-order valence-corrected chi connectivity index (χ0v) is 25.6. The normalized spacial score (nSPS) is 10.7. The summed E-state index contributed by atoms with van der Waals surface area (Å²) in [5.74, 6) is -2.66. The number of ether oxygens (including phenoxy) is 3. The van der Waals surface area contributed by atoms with Crippen molar-refractivity contribution in [1.82, 2.24) is 0 Å². The second-order valence-corrected chi connectivity index (χ2v) is 9.33. The number of hydrogen-bond donors (Lipinski definition) is 2. The van der Waals surface area contributed by atoms with E-state index in [4.69, 9.17) is 14.6 Å². The Hall–Kier alpha value is -4.86. The van der Waals surface area contributed by atoms with Gasteiger partial charge in [-0.2, -0.15) is 0 Å². The molecule has 0 fully saturated rings. The van der Waals surface area contributed by atoms with Gasteiger partial charge in [0.15, 0.2) is 6.10 Å². The molecule has 0 aliphatic rings. The first-order valence-corrected chi connectivity index (χ1v) is 13.6. The summed E-state index contributed by atoms with van der Waals surface area (Å²) in [6.07, 6.45) is 3.27. The molecule has 0 aliphatic carbocycles. The standard InChI is InChI=1S/C19H24O6.C8H10O3.C8H8/c1-14(7-6-10-20)18(22)24-13-17(12-21)25-19(23)15(2)11-16-8-4-3-5-9-16;1-5(2)7(9)11-8(10)6(3)4;1-2-8-6-4-3-5-7-8/h3-5,8-9,11,17,20-21H,1,6-7,10,12-13H2,2H3;1,3H2,2,4H3;2-7H,1H2. The summed E-state index contributed by atoms with van der Waals surface area (Å²) in [5.41, 5.74) is 3.00. The number of carbonyl (C=O) groups excluding carboxylic acids is 4. The number of carbonyl (C=O) groups is 4. The Labute approximate surface area is 259 Å². The maximum Gasteiger partial charge on any atom is 0.340 e. The van der Waals surface area contributed by atoms with E-state index in [0.29, 0.717) is 18.4 Å². The van der Waals surface area contributed by atoms with E-state index in [1.165, 1.54) is 19.4 Å². The minimum atomic E-state index is -0.957. The van der Waals surface area contributed by atoms with Gasteiger partial charge >= 0.3 is 23.9 Å². The van der Waals surface area contributed by atoms with Gasteiger partial charge in [0.2, 0.25) is 0 Å².